The number of aromatic nitrogens is 2. The highest BCUT2D eigenvalue weighted by Gasteiger charge is 2.37. The van der Waals surface area contributed by atoms with Gasteiger partial charge in [-0.2, -0.15) is 5.10 Å². The molecule has 1 heterocycles. The van der Waals surface area contributed by atoms with Crippen LogP contribution in [0.15, 0.2) is 12.3 Å². The maximum absolute atomic E-state index is 11.8. The lowest BCUT2D eigenvalue weighted by molar-refractivity contribution is 0.421. The second-order valence-corrected chi connectivity index (χ2v) is 8.54. The summed E-state index contributed by atoms with van der Waals surface area (Å²) >= 11 is 0. The van der Waals surface area contributed by atoms with Gasteiger partial charge in [0.25, 0.3) is 0 Å². The van der Waals surface area contributed by atoms with E-state index in [0.717, 1.165) is 18.5 Å². The molecule has 6 heteroatoms. The molecule has 1 aromatic heterocycles. The Hall–Kier alpha value is -0.880. The van der Waals surface area contributed by atoms with Crippen molar-refractivity contribution in [2.24, 2.45) is 5.73 Å². The monoisotopic (exact) mass is 301 g/mol. The van der Waals surface area contributed by atoms with Crippen LogP contribution in [0.4, 0.5) is 0 Å². The van der Waals surface area contributed by atoms with E-state index < -0.39 is 20.6 Å². The van der Waals surface area contributed by atoms with Crippen molar-refractivity contribution in [2.75, 3.05) is 6.26 Å². The fraction of sp³-hybridized carbons (Fsp3) is 0.786. The van der Waals surface area contributed by atoms with Crippen molar-refractivity contribution in [1.82, 2.24) is 9.78 Å². The highest BCUT2D eigenvalue weighted by molar-refractivity contribution is 7.92. The van der Waals surface area contributed by atoms with Gasteiger partial charge in [-0.15, -0.1) is 0 Å². The first-order valence-electron chi connectivity index (χ1n) is 7.12. The van der Waals surface area contributed by atoms with Crippen LogP contribution in [0.25, 0.3) is 0 Å². The van der Waals surface area contributed by atoms with E-state index in [2.05, 4.69) is 18.9 Å². The normalized spacial score (nSPS) is 14.8. The molecule has 0 fully saturated rings. The van der Waals surface area contributed by atoms with Crippen LogP contribution in [0.1, 0.15) is 52.3 Å². The summed E-state index contributed by atoms with van der Waals surface area (Å²) in [5.41, 5.74) is 6.94. The van der Waals surface area contributed by atoms with E-state index >= 15 is 0 Å². The minimum absolute atomic E-state index is 0.392. The van der Waals surface area contributed by atoms with Crippen LogP contribution < -0.4 is 5.73 Å². The summed E-state index contributed by atoms with van der Waals surface area (Å²) in [7, 11) is -3.20. The quantitative estimate of drug-likeness (QED) is 0.835. The Bertz CT molecular complexity index is 530. The maximum Gasteiger partial charge on any atom is 0.154 e. The third-order valence-electron chi connectivity index (χ3n) is 4.26. The summed E-state index contributed by atoms with van der Waals surface area (Å²) in [5, 5.41) is 4.53. The molecule has 0 saturated carbocycles. The first kappa shape index (κ1) is 17.2. The zero-order valence-electron chi connectivity index (χ0n) is 13.1. The summed E-state index contributed by atoms with van der Waals surface area (Å²) < 4.78 is 24.6. The summed E-state index contributed by atoms with van der Waals surface area (Å²) in [5.74, 6) is 0. The zero-order chi connectivity index (χ0) is 15.6. The van der Waals surface area contributed by atoms with Crippen molar-refractivity contribution in [3.8, 4) is 0 Å². The van der Waals surface area contributed by atoms with Gasteiger partial charge < -0.3 is 5.73 Å². The molecule has 1 rings (SSSR count). The summed E-state index contributed by atoms with van der Waals surface area (Å²) in [6, 6.07) is 1.85. The van der Waals surface area contributed by atoms with Gasteiger partial charge in [-0.3, -0.25) is 4.68 Å². The molecule has 1 atom stereocenters. The topological polar surface area (TPSA) is 78.0 Å². The third kappa shape index (κ3) is 3.61. The fourth-order valence-electron chi connectivity index (χ4n) is 2.10. The molecule has 0 radical (unpaired) electrons. The molecule has 1 aromatic rings. The number of hydrogen-bond acceptors (Lipinski definition) is 4. The second kappa shape index (κ2) is 6.26. The molecular weight excluding hydrogens is 274 g/mol. The molecule has 0 spiro atoms. The Kier molecular flexibility index (Phi) is 5.38. The molecule has 0 saturated heterocycles. The second-order valence-electron chi connectivity index (χ2n) is 5.94. The van der Waals surface area contributed by atoms with Crippen molar-refractivity contribution in [1.29, 1.82) is 0 Å². The predicted molar refractivity (Wildman–Crippen MR) is 82.4 cm³/mol. The molecule has 1 unspecified atom stereocenters. The van der Waals surface area contributed by atoms with E-state index in [9.17, 15) is 8.42 Å². The Morgan fingerprint density at radius 2 is 1.90 bits per heavy atom. The minimum Gasteiger partial charge on any atom is -0.326 e. The lowest BCUT2D eigenvalue weighted by atomic mass is 9.99. The van der Waals surface area contributed by atoms with Crippen molar-refractivity contribution < 1.29 is 8.42 Å². The average molecular weight is 301 g/mol. The summed E-state index contributed by atoms with van der Waals surface area (Å²) in [4.78, 5) is 0. The lowest BCUT2D eigenvalue weighted by Gasteiger charge is -2.29. The van der Waals surface area contributed by atoms with Crippen LogP contribution in [0.3, 0.4) is 0 Å². The average Bonchev–Trinajstić information content (AvgIpc) is 2.77. The van der Waals surface area contributed by atoms with Crippen LogP contribution in [0.2, 0.25) is 0 Å². The van der Waals surface area contributed by atoms with Crippen LogP contribution in [0, 0.1) is 0 Å². The molecule has 20 heavy (non-hydrogen) atoms. The molecule has 0 aliphatic rings. The molecule has 0 aliphatic carbocycles. The van der Waals surface area contributed by atoms with Gasteiger partial charge in [0, 0.05) is 24.9 Å². The summed E-state index contributed by atoms with van der Waals surface area (Å²) in [6.07, 6.45) is 5.70. The van der Waals surface area contributed by atoms with Gasteiger partial charge in [-0.05, 0) is 32.8 Å². The van der Waals surface area contributed by atoms with Gasteiger partial charge in [0.15, 0.2) is 9.84 Å². The van der Waals surface area contributed by atoms with E-state index in [4.69, 9.17) is 5.73 Å². The highest BCUT2D eigenvalue weighted by Crippen LogP contribution is 2.22. The van der Waals surface area contributed by atoms with E-state index in [1.807, 2.05) is 16.9 Å². The molecule has 0 bridgehead atoms. The third-order valence-corrected chi connectivity index (χ3v) is 6.47. The van der Waals surface area contributed by atoms with Crippen LogP contribution in [0.5, 0.6) is 0 Å². The van der Waals surface area contributed by atoms with Gasteiger partial charge in [0.1, 0.15) is 0 Å². The minimum atomic E-state index is -3.20. The van der Waals surface area contributed by atoms with Gasteiger partial charge in [-0.25, -0.2) is 8.42 Å². The molecule has 2 N–H and O–H groups in total. The molecular formula is C14H27N3O2S. The Morgan fingerprint density at radius 1 is 1.35 bits per heavy atom. The van der Waals surface area contributed by atoms with Crippen molar-refractivity contribution in [2.45, 2.75) is 63.8 Å². The Balaban J connectivity index is 2.85. The summed E-state index contributed by atoms with van der Waals surface area (Å²) in [6.45, 7) is 7.61. The number of sulfone groups is 1. The van der Waals surface area contributed by atoms with Gasteiger partial charge >= 0.3 is 0 Å². The number of nitrogens with zero attached hydrogens (tertiary/aromatic N) is 2. The zero-order valence-corrected chi connectivity index (χ0v) is 13.9. The largest absolute Gasteiger partial charge is 0.326 e. The molecule has 0 amide bonds. The first-order valence-corrected chi connectivity index (χ1v) is 9.01. The van der Waals surface area contributed by atoms with E-state index in [-0.39, 0.29) is 0 Å². The van der Waals surface area contributed by atoms with Gasteiger partial charge in [0.05, 0.1) is 16.5 Å². The van der Waals surface area contributed by atoms with Crippen LogP contribution in [-0.2, 0) is 16.3 Å². The first-order chi connectivity index (χ1) is 9.13. The fourth-order valence-corrected chi connectivity index (χ4v) is 2.73. The van der Waals surface area contributed by atoms with Gasteiger partial charge in [-0.1, -0.05) is 13.8 Å². The molecule has 5 nitrogen and oxygen atoms in total. The number of rotatable bonds is 7. The van der Waals surface area contributed by atoms with E-state index in [0.29, 0.717) is 12.5 Å². The molecule has 116 valence electrons. The number of nitrogens with two attached hydrogens (primary N) is 1. The van der Waals surface area contributed by atoms with Crippen molar-refractivity contribution >= 4 is 9.84 Å². The maximum atomic E-state index is 11.8. The Labute approximate surface area is 122 Å². The molecule has 0 aromatic carbocycles. The van der Waals surface area contributed by atoms with Crippen LogP contribution >= 0.6 is 0 Å². The van der Waals surface area contributed by atoms with E-state index in [1.54, 1.807) is 13.8 Å². The molecule has 0 aliphatic heterocycles. The Morgan fingerprint density at radius 3 is 2.35 bits per heavy atom. The predicted octanol–water partition coefficient (Wildman–Crippen LogP) is 1.94. The van der Waals surface area contributed by atoms with Gasteiger partial charge in [0.2, 0.25) is 0 Å². The van der Waals surface area contributed by atoms with Crippen LogP contribution in [-0.4, -0.2) is 35.2 Å². The SMILES string of the molecule is CCC(CC)n1ccc(CC(N)C(C)(C)S(C)(=O)=O)n1. The lowest BCUT2D eigenvalue weighted by Crippen LogP contribution is -2.50. The van der Waals surface area contributed by atoms with E-state index in [1.165, 1.54) is 6.26 Å². The standard InChI is InChI=1S/C14H27N3O2S/c1-6-12(7-2)17-9-8-11(16-17)10-13(15)14(3,4)20(5,18)19/h8-9,12-13H,6-7,10,15H2,1-5H3. The van der Waals surface area contributed by atoms with Crippen molar-refractivity contribution in [3.63, 3.8) is 0 Å². The highest BCUT2D eigenvalue weighted by atomic mass is 32.2. The number of hydrogen-bond donors (Lipinski definition) is 1. The smallest absolute Gasteiger partial charge is 0.154 e. The van der Waals surface area contributed by atoms with Crippen molar-refractivity contribution in [3.05, 3.63) is 18.0 Å².